The molecule has 2 aromatic rings. The van der Waals surface area contributed by atoms with Crippen LogP contribution >= 0.6 is 50.1 Å². The smallest absolute Gasteiger partial charge is 0.244 e. The molecule has 0 aliphatic rings. The Bertz CT molecular complexity index is 793. The van der Waals surface area contributed by atoms with Crippen molar-refractivity contribution in [3.63, 3.8) is 0 Å². The van der Waals surface area contributed by atoms with Gasteiger partial charge in [-0.05, 0) is 46.9 Å². The second kappa shape index (κ2) is 6.84. The van der Waals surface area contributed by atoms with Gasteiger partial charge in [-0.2, -0.15) is 26.3 Å². The lowest BCUT2D eigenvalue weighted by atomic mass is 9.87. The van der Waals surface area contributed by atoms with E-state index < -0.39 is 29.1 Å². The van der Waals surface area contributed by atoms with E-state index in [1.54, 1.807) is 0 Å². The van der Waals surface area contributed by atoms with Crippen LogP contribution in [0.4, 0.5) is 30.7 Å². The fourth-order valence-corrected chi connectivity index (χ4v) is 4.10. The molecule has 0 bridgehead atoms. The molecule has 1 heterocycles. The Morgan fingerprint density at radius 1 is 1.00 bits per heavy atom. The Hall–Kier alpha value is -0.620. The molecule has 0 aliphatic heterocycles. The van der Waals surface area contributed by atoms with Gasteiger partial charge < -0.3 is 0 Å². The van der Waals surface area contributed by atoms with Gasteiger partial charge in [-0.15, -0.1) is 0 Å². The van der Waals surface area contributed by atoms with Crippen molar-refractivity contribution in [2.45, 2.75) is 18.0 Å². The van der Waals surface area contributed by atoms with Crippen molar-refractivity contribution in [1.82, 2.24) is 4.98 Å². The molecular formula is C14H5BrClF7IN. The molecule has 1 nitrogen and oxygen atoms in total. The molecule has 0 unspecified atom stereocenters. The number of alkyl halides is 7. The Morgan fingerprint density at radius 2 is 1.56 bits per heavy atom. The molecule has 136 valence electrons. The monoisotopic (exact) mass is 561 g/mol. The summed E-state index contributed by atoms with van der Waals surface area (Å²) in [5.74, 6) is 0. The summed E-state index contributed by atoms with van der Waals surface area (Å²) in [5.41, 5.74) is -8.13. The zero-order chi connectivity index (χ0) is 19.2. The van der Waals surface area contributed by atoms with E-state index in [2.05, 4.69) is 20.9 Å². The number of nitrogens with zero attached hydrogens (tertiary/aromatic N) is 1. The minimum atomic E-state index is -6.24. The number of pyridine rings is 1. The number of aromatic nitrogens is 1. The van der Waals surface area contributed by atoms with Gasteiger partial charge in [-0.1, -0.05) is 27.5 Å². The average molecular weight is 562 g/mol. The fourth-order valence-electron chi connectivity index (χ4n) is 2.16. The van der Waals surface area contributed by atoms with E-state index in [1.807, 2.05) is 0 Å². The highest BCUT2D eigenvalue weighted by Gasteiger charge is 2.74. The topological polar surface area (TPSA) is 12.9 Å². The van der Waals surface area contributed by atoms with Gasteiger partial charge in [0, 0.05) is 30.9 Å². The summed E-state index contributed by atoms with van der Waals surface area (Å²) < 4.78 is 93.5. The maximum absolute atomic E-state index is 14.6. The van der Waals surface area contributed by atoms with Crippen LogP contribution in [-0.2, 0) is 5.67 Å². The first kappa shape index (κ1) is 20.7. The first-order chi connectivity index (χ1) is 11.3. The van der Waals surface area contributed by atoms with E-state index in [0.29, 0.717) is 6.07 Å². The van der Waals surface area contributed by atoms with Crippen molar-refractivity contribution >= 4 is 50.1 Å². The zero-order valence-corrected chi connectivity index (χ0v) is 16.1. The maximum atomic E-state index is 14.6. The van der Waals surface area contributed by atoms with Gasteiger partial charge >= 0.3 is 18.0 Å². The zero-order valence-electron chi connectivity index (χ0n) is 11.6. The number of halogens is 10. The van der Waals surface area contributed by atoms with E-state index in [4.69, 9.17) is 11.6 Å². The molecule has 0 saturated heterocycles. The van der Waals surface area contributed by atoms with Crippen LogP contribution in [0.5, 0.6) is 0 Å². The third-order valence-electron chi connectivity index (χ3n) is 3.24. The van der Waals surface area contributed by atoms with E-state index >= 15 is 0 Å². The van der Waals surface area contributed by atoms with Crippen molar-refractivity contribution in [2.75, 3.05) is 0 Å². The Kier molecular flexibility index (Phi) is 5.66. The van der Waals surface area contributed by atoms with Gasteiger partial charge in [0.2, 0.25) is 0 Å². The summed E-state index contributed by atoms with van der Waals surface area (Å²) in [7, 11) is 0. The third-order valence-corrected chi connectivity index (χ3v) is 4.79. The highest BCUT2D eigenvalue weighted by Crippen LogP contribution is 2.56. The van der Waals surface area contributed by atoms with Crippen molar-refractivity contribution in [3.8, 4) is 11.1 Å². The number of hydrogen-bond donors (Lipinski definition) is 0. The Morgan fingerprint density at radius 3 is 2.04 bits per heavy atom. The summed E-state index contributed by atoms with van der Waals surface area (Å²) in [6.07, 6.45) is -11.3. The lowest BCUT2D eigenvalue weighted by molar-refractivity contribution is -0.348. The van der Waals surface area contributed by atoms with Crippen molar-refractivity contribution in [2.24, 2.45) is 0 Å². The molecule has 0 fully saturated rings. The van der Waals surface area contributed by atoms with E-state index in [-0.39, 0.29) is 18.8 Å². The SMILES string of the molecule is FC(F)(F)C(F)(c1cc(I)cc(Br)c1-c1cccnc1Cl)C(F)(F)F. The van der Waals surface area contributed by atoms with Crippen LogP contribution in [0, 0.1) is 3.57 Å². The predicted octanol–water partition coefficient (Wildman–Crippen LogP) is 7.06. The van der Waals surface area contributed by atoms with E-state index in [0.717, 1.165) is 6.07 Å². The molecule has 0 spiro atoms. The number of hydrogen-bond acceptors (Lipinski definition) is 1. The lowest BCUT2D eigenvalue weighted by Crippen LogP contribution is -2.50. The van der Waals surface area contributed by atoms with Crippen LogP contribution in [0.3, 0.4) is 0 Å². The van der Waals surface area contributed by atoms with Crippen molar-refractivity contribution in [3.05, 3.63) is 49.2 Å². The average Bonchev–Trinajstić information content (AvgIpc) is 2.44. The van der Waals surface area contributed by atoms with Crippen LogP contribution in [-0.4, -0.2) is 17.3 Å². The van der Waals surface area contributed by atoms with Crippen molar-refractivity contribution in [1.29, 1.82) is 0 Å². The summed E-state index contributed by atoms with van der Waals surface area (Å²) in [4.78, 5) is 3.62. The largest absolute Gasteiger partial charge is 0.435 e. The summed E-state index contributed by atoms with van der Waals surface area (Å²) >= 11 is 10.2. The number of rotatable bonds is 2. The fraction of sp³-hybridized carbons (Fsp3) is 0.214. The van der Waals surface area contributed by atoms with Crippen LogP contribution in [0.15, 0.2) is 34.9 Å². The summed E-state index contributed by atoms with van der Waals surface area (Å²) in [6, 6.07) is 4.15. The molecule has 2 rings (SSSR count). The molecule has 1 aromatic carbocycles. The van der Waals surface area contributed by atoms with Gasteiger partial charge in [0.15, 0.2) is 0 Å². The predicted molar refractivity (Wildman–Crippen MR) is 90.0 cm³/mol. The molecule has 1 aromatic heterocycles. The van der Waals surface area contributed by atoms with Crippen LogP contribution < -0.4 is 0 Å². The molecule has 11 heteroatoms. The maximum Gasteiger partial charge on any atom is 0.435 e. The molecule has 0 aliphatic carbocycles. The molecule has 0 atom stereocenters. The first-order valence-corrected chi connectivity index (χ1v) is 8.48. The van der Waals surface area contributed by atoms with Crippen molar-refractivity contribution < 1.29 is 30.7 Å². The lowest BCUT2D eigenvalue weighted by Gasteiger charge is -2.32. The molecule has 0 amide bonds. The molecular weight excluding hydrogens is 557 g/mol. The third kappa shape index (κ3) is 3.61. The van der Waals surface area contributed by atoms with Crippen LogP contribution in [0.1, 0.15) is 5.56 Å². The molecule has 25 heavy (non-hydrogen) atoms. The molecule has 0 saturated carbocycles. The minimum absolute atomic E-state index is 0.0289. The highest BCUT2D eigenvalue weighted by atomic mass is 127. The standard InChI is InChI=1S/C14H5BrClF7IN/c15-9-5-6(24)4-8(10(9)7-2-1-3-25-11(7)16)12(17,13(18,19)20)14(21,22)23/h1-5H. The number of benzene rings is 1. The Balaban J connectivity index is 2.97. The first-order valence-electron chi connectivity index (χ1n) is 6.23. The van der Waals surface area contributed by atoms with Gasteiger partial charge in [0.1, 0.15) is 5.15 Å². The van der Waals surface area contributed by atoms with Gasteiger partial charge in [0.25, 0.3) is 0 Å². The Labute approximate surface area is 163 Å². The highest BCUT2D eigenvalue weighted by molar-refractivity contribution is 14.1. The van der Waals surface area contributed by atoms with Gasteiger partial charge in [-0.3, -0.25) is 0 Å². The van der Waals surface area contributed by atoms with E-state index in [9.17, 15) is 30.7 Å². The van der Waals surface area contributed by atoms with Crippen LogP contribution in [0.2, 0.25) is 5.15 Å². The summed E-state index contributed by atoms with van der Waals surface area (Å²) in [5, 5.41) is -0.364. The van der Waals surface area contributed by atoms with E-state index in [1.165, 1.54) is 40.9 Å². The second-order valence-corrected chi connectivity index (χ2v) is 7.26. The molecule has 0 N–H and O–H groups in total. The minimum Gasteiger partial charge on any atom is -0.244 e. The normalized spacial score (nSPS) is 13.2. The van der Waals surface area contributed by atoms with Gasteiger partial charge in [-0.25, -0.2) is 9.37 Å². The molecule has 0 radical (unpaired) electrons. The second-order valence-electron chi connectivity index (χ2n) is 4.81. The quantitative estimate of drug-likeness (QED) is 0.217. The van der Waals surface area contributed by atoms with Gasteiger partial charge in [0.05, 0.1) is 0 Å². The van der Waals surface area contributed by atoms with Crippen LogP contribution in [0.25, 0.3) is 11.1 Å². The summed E-state index contributed by atoms with van der Waals surface area (Å²) in [6.45, 7) is 0.